The van der Waals surface area contributed by atoms with E-state index < -0.39 is 29.8 Å². The Kier molecular flexibility index (Phi) is 27.6. The number of H-pyrrole nitrogens is 2. The number of amides is 1. The van der Waals surface area contributed by atoms with Crippen molar-refractivity contribution in [3.8, 4) is 0 Å². The minimum absolute atomic E-state index is 0.237. The number of hydrogen-bond donors (Lipinski definition) is 8. The van der Waals surface area contributed by atoms with Gasteiger partial charge >= 0.3 is 23.9 Å². The number of nitrogens with one attached hydrogen (secondary N) is 3. The fraction of sp³-hybridized carbons (Fsp3) is 0.0556. The average molecular weight is 1480 g/mol. The molecule has 556 valence electrons. The predicted molar refractivity (Wildman–Crippen MR) is 434 cm³/mol. The van der Waals surface area contributed by atoms with Crippen LogP contribution in [-0.4, -0.2) is 58.7 Å². The SMILES string of the molecule is NOC(=O)/C=C/c1ccc2[nH]cc(Cc3ccccc3)c2c1.NOC(=O)/C=C/c1ccc2c(Cc3ccccc3)c[nH]c2c1.NOC(=O)/C=C/c1ccc2c(ccn2Cc2ccc(F)cc2)c1.NOC(=O)/C=C/c1ccc2c(ccn2Cc2ccccc2)c1.O=C(/C=C/c1cn(Cc2ccccc2)c2ccccc12)NO. The summed E-state index contributed by atoms with van der Waals surface area (Å²) in [7, 11) is 0. The number of fused-ring (bicyclic) bond motifs is 5. The quantitative estimate of drug-likeness (QED) is 0.0200. The molecular weight excluding hydrogens is 1400 g/mol. The number of carbonyl (C=O) groups is 5. The highest BCUT2D eigenvalue weighted by atomic mass is 19.1. The van der Waals surface area contributed by atoms with Crippen LogP contribution < -0.4 is 29.1 Å². The zero-order chi connectivity index (χ0) is 77.7. The lowest BCUT2D eigenvalue weighted by atomic mass is 10.0. The van der Waals surface area contributed by atoms with Crippen LogP contribution in [0.1, 0.15) is 66.8 Å². The first-order chi connectivity index (χ1) is 54.2. The molecule has 21 heteroatoms. The summed E-state index contributed by atoms with van der Waals surface area (Å²) in [6.07, 6.45) is 26.8. The van der Waals surface area contributed by atoms with E-state index in [1.807, 2.05) is 189 Å². The van der Waals surface area contributed by atoms with E-state index in [2.05, 4.69) is 116 Å². The number of rotatable bonds is 20. The zero-order valence-corrected chi connectivity index (χ0v) is 60.1. The van der Waals surface area contributed by atoms with Crippen molar-refractivity contribution < 1.29 is 52.9 Å². The summed E-state index contributed by atoms with van der Waals surface area (Å²) in [4.78, 5) is 78.2. The van der Waals surface area contributed by atoms with Gasteiger partial charge in [0.2, 0.25) is 0 Å². The number of halogens is 1. The van der Waals surface area contributed by atoms with Crippen molar-refractivity contribution in [3.63, 3.8) is 0 Å². The Morgan fingerprint density at radius 3 is 1.27 bits per heavy atom. The van der Waals surface area contributed by atoms with Crippen LogP contribution in [0.15, 0.2) is 316 Å². The van der Waals surface area contributed by atoms with E-state index in [1.54, 1.807) is 48.0 Å². The maximum Gasteiger partial charge on any atom is 0.349 e. The van der Waals surface area contributed by atoms with Crippen molar-refractivity contribution in [3.05, 3.63) is 389 Å². The summed E-state index contributed by atoms with van der Waals surface area (Å²) in [6, 6.07) is 83.7. The van der Waals surface area contributed by atoms with Crippen LogP contribution in [-0.2, 0) is 75.8 Å². The van der Waals surface area contributed by atoms with Gasteiger partial charge in [-0.15, -0.1) is 0 Å². The number of nitrogens with two attached hydrogens (primary N) is 4. The Bertz CT molecular complexity index is 5660. The van der Waals surface area contributed by atoms with Gasteiger partial charge in [-0.25, -0.2) is 29.0 Å². The normalized spacial score (nSPS) is 11.2. The molecule has 15 rings (SSSR count). The Hall–Kier alpha value is -14.3. The van der Waals surface area contributed by atoms with Crippen molar-refractivity contribution >= 4 is 115 Å². The van der Waals surface area contributed by atoms with E-state index in [0.29, 0.717) is 6.54 Å². The van der Waals surface area contributed by atoms with E-state index in [9.17, 15) is 28.4 Å². The van der Waals surface area contributed by atoms with Gasteiger partial charge in [0, 0.05) is 141 Å². The Morgan fingerprint density at radius 1 is 0.378 bits per heavy atom. The number of para-hydroxylation sites is 1. The van der Waals surface area contributed by atoms with Crippen molar-refractivity contribution in [2.24, 2.45) is 23.6 Å². The first-order valence-corrected chi connectivity index (χ1v) is 35.0. The van der Waals surface area contributed by atoms with Crippen LogP contribution >= 0.6 is 0 Å². The monoisotopic (exact) mass is 1480 g/mol. The van der Waals surface area contributed by atoms with Gasteiger partial charge in [-0.3, -0.25) is 10.0 Å². The van der Waals surface area contributed by atoms with Crippen molar-refractivity contribution in [2.75, 3.05) is 0 Å². The highest BCUT2D eigenvalue weighted by Crippen LogP contribution is 2.28. The fourth-order valence-corrected chi connectivity index (χ4v) is 12.4. The maximum atomic E-state index is 13.0. The first-order valence-electron chi connectivity index (χ1n) is 35.0. The molecule has 111 heavy (non-hydrogen) atoms. The number of nitrogens with zero attached hydrogens (tertiary/aromatic N) is 3. The number of carbonyl (C=O) groups excluding carboxylic acids is 5. The molecule has 0 saturated carbocycles. The summed E-state index contributed by atoms with van der Waals surface area (Å²) >= 11 is 0. The fourth-order valence-electron chi connectivity index (χ4n) is 12.4. The third-order valence-electron chi connectivity index (χ3n) is 17.8. The third-order valence-corrected chi connectivity index (χ3v) is 17.8. The van der Waals surface area contributed by atoms with Gasteiger partial charge in [-0.05, 0) is 177 Å². The second-order valence-corrected chi connectivity index (χ2v) is 25.3. The van der Waals surface area contributed by atoms with Gasteiger partial charge in [0.05, 0.1) is 0 Å². The standard InChI is InChI=1S/C18H15FN2O2.4C18H16N2O2/c19-16-5-1-14(2-6-16)12-21-10-9-15-11-13(3-7-17(15)21)4-8-18(22)23-20;21-18(19-22)11-10-15-13-20(12-14-6-2-1-3-7-14)17-9-5-4-8-16(15)17;19-22-18(21)9-7-14-6-8-17-16(11-14)15(12-20-17)10-13-4-2-1-3-5-13;19-22-18(21)9-7-14-6-8-16-15(12-20-17(16)11-14)10-13-4-2-1-3-5-13;19-22-18(21)9-7-14-6-8-17-16(12-14)10-11-20(17)13-15-4-2-1-3-5-15/h1-11H,12,20H2;1-11,13,22H,12H2,(H,19,21);2*1-9,11-12,20H,10,19H2;1-12H,13,19H2/b8-4+;11-10+;3*9-7+. The minimum atomic E-state index is -0.598. The molecule has 0 bridgehead atoms. The first kappa shape index (κ1) is 77.8. The maximum absolute atomic E-state index is 13.0. The van der Waals surface area contributed by atoms with Crippen LogP contribution in [0.4, 0.5) is 4.39 Å². The smallest absolute Gasteiger partial charge is 0.349 e. The van der Waals surface area contributed by atoms with E-state index in [-0.39, 0.29) is 5.82 Å². The Balaban J connectivity index is 0.000000137. The lowest BCUT2D eigenvalue weighted by molar-refractivity contribution is -0.139. The lowest BCUT2D eigenvalue weighted by Gasteiger charge is -2.06. The summed E-state index contributed by atoms with van der Waals surface area (Å²) in [5, 5.41) is 14.1. The summed E-state index contributed by atoms with van der Waals surface area (Å²) in [5.74, 6) is 16.1. The number of hydroxylamine groups is 1. The van der Waals surface area contributed by atoms with Gasteiger partial charge in [-0.2, -0.15) is 23.6 Å². The van der Waals surface area contributed by atoms with Crippen LogP contribution in [0.25, 0.3) is 84.9 Å². The molecule has 15 aromatic rings. The van der Waals surface area contributed by atoms with Crippen molar-refractivity contribution in [2.45, 2.75) is 32.5 Å². The van der Waals surface area contributed by atoms with Crippen molar-refractivity contribution in [1.82, 2.24) is 29.1 Å². The molecule has 0 saturated heterocycles. The average Bonchev–Trinajstić information content (AvgIpc) is 1.67. The molecule has 0 unspecified atom stereocenters. The summed E-state index contributed by atoms with van der Waals surface area (Å²) in [6.45, 7) is 2.26. The molecule has 0 radical (unpaired) electrons. The Morgan fingerprint density at radius 2 is 0.784 bits per heavy atom. The molecule has 0 fully saturated rings. The largest absolute Gasteiger partial charge is 0.370 e. The number of benzene rings is 10. The van der Waals surface area contributed by atoms with Gasteiger partial charge in [0.1, 0.15) is 5.82 Å². The molecule has 1 amide bonds. The third kappa shape index (κ3) is 22.4. The number of aromatic amines is 2. The predicted octanol–water partition coefficient (Wildman–Crippen LogP) is 16.0. The van der Waals surface area contributed by atoms with E-state index >= 15 is 0 Å². The molecule has 0 aliphatic rings. The van der Waals surface area contributed by atoms with Crippen LogP contribution in [0.3, 0.4) is 0 Å². The van der Waals surface area contributed by atoms with Gasteiger partial charge in [0.25, 0.3) is 5.91 Å². The molecular formula is C90H79FN10O10. The molecule has 0 aliphatic heterocycles. The number of aromatic nitrogens is 5. The van der Waals surface area contributed by atoms with E-state index in [0.717, 1.165) is 108 Å². The Labute approximate surface area is 638 Å². The topological polar surface area (TPSA) is 305 Å². The van der Waals surface area contributed by atoms with E-state index in [1.165, 1.54) is 81.3 Å². The summed E-state index contributed by atoms with van der Waals surface area (Å²) in [5.41, 5.74) is 20.1. The van der Waals surface area contributed by atoms with Gasteiger partial charge < -0.3 is 43.0 Å². The molecule has 5 aromatic heterocycles. The molecule has 0 atom stereocenters. The van der Waals surface area contributed by atoms with Crippen molar-refractivity contribution in [1.29, 1.82) is 0 Å². The molecule has 5 heterocycles. The van der Waals surface area contributed by atoms with Crippen LogP contribution in [0.2, 0.25) is 0 Å². The van der Waals surface area contributed by atoms with E-state index in [4.69, 9.17) is 28.8 Å². The number of hydrogen-bond acceptors (Lipinski definition) is 14. The van der Waals surface area contributed by atoms with Crippen LogP contribution in [0.5, 0.6) is 0 Å². The molecule has 0 aliphatic carbocycles. The molecule has 0 spiro atoms. The highest BCUT2D eigenvalue weighted by Gasteiger charge is 2.12. The lowest BCUT2D eigenvalue weighted by Crippen LogP contribution is -2.14. The summed E-state index contributed by atoms with van der Waals surface area (Å²) < 4.78 is 19.4. The second kappa shape index (κ2) is 39.3. The zero-order valence-electron chi connectivity index (χ0n) is 60.1. The second-order valence-electron chi connectivity index (χ2n) is 25.3. The highest BCUT2D eigenvalue weighted by molar-refractivity contribution is 5.97. The van der Waals surface area contributed by atoms with Gasteiger partial charge in [0.15, 0.2) is 0 Å². The van der Waals surface area contributed by atoms with Crippen LogP contribution in [0, 0.1) is 5.82 Å². The minimum Gasteiger partial charge on any atom is -0.370 e. The molecule has 20 nitrogen and oxygen atoms in total. The van der Waals surface area contributed by atoms with Gasteiger partial charge in [-0.1, -0.05) is 182 Å². The molecule has 12 N–H and O–H groups in total. The molecule has 10 aromatic carbocycles.